The van der Waals surface area contributed by atoms with E-state index in [0.29, 0.717) is 12.1 Å². The van der Waals surface area contributed by atoms with Crippen molar-refractivity contribution in [2.75, 3.05) is 38.2 Å². The van der Waals surface area contributed by atoms with E-state index in [1.54, 1.807) is 6.20 Å². The van der Waals surface area contributed by atoms with Crippen molar-refractivity contribution in [3.63, 3.8) is 0 Å². The van der Waals surface area contributed by atoms with E-state index in [2.05, 4.69) is 20.1 Å². The average Bonchev–Trinajstić information content (AvgIpc) is 3.59. The van der Waals surface area contributed by atoms with Crippen LogP contribution in [0.4, 0.5) is 5.13 Å². The zero-order chi connectivity index (χ0) is 25.2. The topological polar surface area (TPSA) is 73.8 Å². The van der Waals surface area contributed by atoms with Crippen LogP contribution in [0.15, 0.2) is 36.5 Å². The molecule has 2 N–H and O–H groups in total. The number of benzene rings is 1. The molecule has 0 spiro atoms. The first-order chi connectivity index (χ1) is 18.2. The van der Waals surface area contributed by atoms with Gasteiger partial charge >= 0.3 is 0 Å². The Kier molecular flexibility index (Phi) is 7.72. The lowest BCUT2D eigenvalue weighted by Gasteiger charge is -2.33. The summed E-state index contributed by atoms with van der Waals surface area (Å²) in [6, 6.07) is 10.3. The summed E-state index contributed by atoms with van der Waals surface area (Å²) in [6.45, 7) is 5.34. The first kappa shape index (κ1) is 25.2. The zero-order valence-corrected chi connectivity index (χ0v) is 22.6. The van der Waals surface area contributed by atoms with E-state index in [-0.39, 0.29) is 0 Å². The maximum atomic E-state index is 10.9. The van der Waals surface area contributed by atoms with Crippen LogP contribution in [0, 0.1) is 5.92 Å². The van der Waals surface area contributed by atoms with Gasteiger partial charge in [0.2, 0.25) is 0 Å². The van der Waals surface area contributed by atoms with Crippen molar-refractivity contribution in [3.8, 4) is 0 Å². The normalized spacial score (nSPS) is 25.5. The predicted octanol–water partition coefficient (Wildman–Crippen LogP) is 4.50. The molecule has 1 unspecified atom stereocenters. The minimum absolute atomic E-state index is 0.349. The molecule has 3 aromatic rings. The lowest BCUT2D eigenvalue weighted by Crippen LogP contribution is -2.37. The second-order valence-electron chi connectivity index (χ2n) is 11.0. The molecule has 0 radical (unpaired) electrons. The Morgan fingerprint density at radius 1 is 1.14 bits per heavy atom. The van der Waals surface area contributed by atoms with Gasteiger partial charge in [-0.3, -0.25) is 15.2 Å². The fourth-order valence-corrected chi connectivity index (χ4v) is 7.41. The Balaban J connectivity index is 0.956. The van der Waals surface area contributed by atoms with E-state index in [4.69, 9.17) is 9.72 Å². The summed E-state index contributed by atoms with van der Waals surface area (Å²) in [5.74, 6) is 0.778. The van der Waals surface area contributed by atoms with E-state index in [9.17, 15) is 5.11 Å². The summed E-state index contributed by atoms with van der Waals surface area (Å²) in [6.07, 6.45) is 9.72. The fourth-order valence-electron chi connectivity index (χ4n) is 6.32. The van der Waals surface area contributed by atoms with E-state index in [0.717, 1.165) is 80.8 Å². The van der Waals surface area contributed by atoms with Gasteiger partial charge in [-0.1, -0.05) is 18.2 Å². The molecule has 198 valence electrons. The Bertz CT molecular complexity index is 1190. The number of nitrogens with zero attached hydrogens (tertiary/aromatic N) is 4. The lowest BCUT2D eigenvalue weighted by molar-refractivity contribution is 0.107. The Morgan fingerprint density at radius 2 is 2.03 bits per heavy atom. The SMILES string of the molecule is CO[C@@H]1CCN(c2nc3c(s2)CCN(CCC2CCC(NC(O)c4cccc5ncccc45)CC2)C3)C1. The highest BCUT2D eigenvalue weighted by molar-refractivity contribution is 7.15. The second-order valence-corrected chi connectivity index (χ2v) is 12.0. The van der Waals surface area contributed by atoms with Crippen molar-refractivity contribution < 1.29 is 9.84 Å². The average molecular weight is 522 g/mol. The summed E-state index contributed by atoms with van der Waals surface area (Å²) >= 11 is 1.90. The lowest BCUT2D eigenvalue weighted by atomic mass is 9.83. The maximum absolute atomic E-state index is 10.9. The minimum Gasteiger partial charge on any atom is -0.380 e. The first-order valence-corrected chi connectivity index (χ1v) is 14.7. The molecular formula is C29H39N5O2S. The van der Waals surface area contributed by atoms with Crippen molar-refractivity contribution >= 4 is 27.4 Å². The van der Waals surface area contributed by atoms with Crippen molar-refractivity contribution in [2.45, 2.75) is 69.9 Å². The second kappa shape index (κ2) is 11.3. The molecule has 7 nitrogen and oxygen atoms in total. The van der Waals surface area contributed by atoms with Crippen molar-refractivity contribution in [3.05, 3.63) is 52.7 Å². The number of thiazole rings is 1. The van der Waals surface area contributed by atoms with Gasteiger partial charge in [0.1, 0.15) is 6.23 Å². The molecular weight excluding hydrogens is 482 g/mol. The van der Waals surface area contributed by atoms with Gasteiger partial charge in [-0.2, -0.15) is 0 Å². The van der Waals surface area contributed by atoms with Crippen LogP contribution in [0.25, 0.3) is 10.9 Å². The van der Waals surface area contributed by atoms with Crippen molar-refractivity contribution in [1.29, 1.82) is 0 Å². The molecule has 3 aliphatic rings. The van der Waals surface area contributed by atoms with Crippen LogP contribution in [-0.4, -0.2) is 65.4 Å². The molecule has 2 aromatic heterocycles. The van der Waals surface area contributed by atoms with Gasteiger partial charge in [0.25, 0.3) is 0 Å². The van der Waals surface area contributed by atoms with E-state index < -0.39 is 6.23 Å². The number of aromatic nitrogens is 2. The molecule has 1 aromatic carbocycles. The number of hydrogen-bond donors (Lipinski definition) is 2. The third-order valence-corrected chi connectivity index (χ3v) is 9.83. The zero-order valence-electron chi connectivity index (χ0n) is 21.8. The van der Waals surface area contributed by atoms with E-state index in [1.807, 2.05) is 48.8 Å². The number of rotatable bonds is 8. The number of pyridine rings is 1. The van der Waals surface area contributed by atoms with Crippen LogP contribution in [-0.2, 0) is 17.7 Å². The fraction of sp³-hybridized carbons (Fsp3) is 0.586. The molecule has 0 amide bonds. The molecule has 2 aliphatic heterocycles. The molecule has 1 aliphatic carbocycles. The van der Waals surface area contributed by atoms with Crippen LogP contribution >= 0.6 is 11.3 Å². The van der Waals surface area contributed by atoms with Gasteiger partial charge in [0, 0.05) is 61.4 Å². The Labute approximate surface area is 223 Å². The third kappa shape index (κ3) is 5.68. The Hall–Kier alpha value is -2.10. The standard InChI is InChI=1S/C29H39N5O2S/c1-36-22-12-17-34(18-22)29-32-26-19-33(16-13-27(26)37-29)15-11-20-7-9-21(10-8-20)31-28(35)24-4-2-6-25-23(24)5-3-14-30-25/h2-6,14,20-22,28,31,35H,7-13,15-19H2,1H3/t20?,21?,22-,28?/m1/s1. The Morgan fingerprint density at radius 3 is 2.86 bits per heavy atom. The maximum Gasteiger partial charge on any atom is 0.185 e. The summed E-state index contributed by atoms with van der Waals surface area (Å²) < 4.78 is 5.54. The van der Waals surface area contributed by atoms with Crippen LogP contribution in [0.5, 0.6) is 0 Å². The highest BCUT2D eigenvalue weighted by Gasteiger charge is 2.29. The number of aliphatic hydroxyl groups excluding tert-OH is 1. The summed E-state index contributed by atoms with van der Waals surface area (Å²) in [7, 11) is 1.81. The number of anilines is 1. The summed E-state index contributed by atoms with van der Waals surface area (Å²) in [5, 5.41) is 16.6. The first-order valence-electron chi connectivity index (χ1n) is 13.9. The van der Waals surface area contributed by atoms with Gasteiger partial charge in [0.15, 0.2) is 5.13 Å². The minimum atomic E-state index is -0.652. The number of methoxy groups -OCH3 is 1. The molecule has 2 atom stereocenters. The number of ether oxygens (including phenoxy) is 1. The number of aliphatic hydroxyl groups is 1. The highest BCUT2D eigenvalue weighted by Crippen LogP contribution is 2.34. The molecule has 1 saturated heterocycles. The van der Waals surface area contributed by atoms with E-state index in [1.165, 1.54) is 35.0 Å². The molecule has 1 saturated carbocycles. The van der Waals surface area contributed by atoms with Gasteiger partial charge < -0.3 is 14.7 Å². The van der Waals surface area contributed by atoms with Crippen LogP contribution in [0.1, 0.15) is 60.9 Å². The number of fused-ring (bicyclic) bond motifs is 2. The van der Waals surface area contributed by atoms with Gasteiger partial charge in [-0.05, 0) is 69.5 Å². The van der Waals surface area contributed by atoms with Gasteiger partial charge in [0.05, 0.1) is 17.3 Å². The van der Waals surface area contributed by atoms with Gasteiger partial charge in [-0.25, -0.2) is 4.98 Å². The quantitative estimate of drug-likeness (QED) is 0.423. The molecule has 4 heterocycles. The molecule has 37 heavy (non-hydrogen) atoms. The number of hydrogen-bond acceptors (Lipinski definition) is 8. The van der Waals surface area contributed by atoms with E-state index >= 15 is 0 Å². The highest BCUT2D eigenvalue weighted by atomic mass is 32.1. The molecule has 2 fully saturated rings. The summed E-state index contributed by atoms with van der Waals surface area (Å²) in [5.41, 5.74) is 3.15. The molecule has 0 bridgehead atoms. The monoisotopic (exact) mass is 521 g/mol. The molecule has 8 heteroatoms. The number of nitrogens with one attached hydrogen (secondary N) is 1. The van der Waals surface area contributed by atoms with Crippen LogP contribution < -0.4 is 10.2 Å². The van der Waals surface area contributed by atoms with Crippen molar-refractivity contribution in [2.24, 2.45) is 5.92 Å². The van der Waals surface area contributed by atoms with Crippen molar-refractivity contribution in [1.82, 2.24) is 20.2 Å². The van der Waals surface area contributed by atoms with Gasteiger partial charge in [-0.15, -0.1) is 11.3 Å². The summed E-state index contributed by atoms with van der Waals surface area (Å²) in [4.78, 5) is 16.0. The molecule has 6 rings (SSSR count). The smallest absolute Gasteiger partial charge is 0.185 e. The van der Waals surface area contributed by atoms with Crippen LogP contribution in [0.3, 0.4) is 0 Å². The largest absolute Gasteiger partial charge is 0.380 e. The van der Waals surface area contributed by atoms with Crippen LogP contribution in [0.2, 0.25) is 0 Å². The predicted molar refractivity (Wildman–Crippen MR) is 149 cm³/mol. The third-order valence-electron chi connectivity index (χ3n) is 8.61.